The van der Waals surface area contributed by atoms with Crippen molar-refractivity contribution in [2.24, 2.45) is 0 Å². The average Bonchev–Trinajstić information content (AvgIpc) is 2.29. The van der Waals surface area contributed by atoms with Gasteiger partial charge < -0.3 is 10.8 Å². The van der Waals surface area contributed by atoms with Crippen molar-refractivity contribution in [2.45, 2.75) is 36.6 Å². The van der Waals surface area contributed by atoms with E-state index in [1.54, 1.807) is 12.1 Å². The third-order valence-corrected chi connectivity index (χ3v) is 7.04. The number of nitrogens with zero attached hydrogens (tertiary/aromatic N) is 1. The fourth-order valence-corrected chi connectivity index (χ4v) is 6.11. The third-order valence-electron chi connectivity index (χ3n) is 3.62. The molecule has 8 heteroatoms. The number of aliphatic hydroxyl groups excluding tert-OH is 1. The van der Waals surface area contributed by atoms with Crippen LogP contribution >= 0.6 is 31.9 Å². The van der Waals surface area contributed by atoms with Crippen molar-refractivity contribution in [1.29, 1.82) is 0 Å². The molecule has 1 aromatic carbocycles. The van der Waals surface area contributed by atoms with Crippen LogP contribution in [0.5, 0.6) is 0 Å². The third kappa shape index (κ3) is 3.61. The summed E-state index contributed by atoms with van der Waals surface area (Å²) in [6.45, 7) is 0.279. The molecule has 5 nitrogen and oxygen atoms in total. The number of hydrogen-bond acceptors (Lipinski definition) is 4. The fourth-order valence-electron chi connectivity index (χ4n) is 2.37. The molecule has 1 aliphatic rings. The van der Waals surface area contributed by atoms with Gasteiger partial charge in [-0.3, -0.25) is 0 Å². The van der Waals surface area contributed by atoms with E-state index in [1.165, 1.54) is 4.31 Å². The summed E-state index contributed by atoms with van der Waals surface area (Å²) in [4.78, 5) is 0.107. The molecular formula is C13H18Br2N2O3S. The summed E-state index contributed by atoms with van der Waals surface area (Å²) in [6.07, 6.45) is 3.17. The van der Waals surface area contributed by atoms with Crippen molar-refractivity contribution >= 4 is 47.6 Å². The molecule has 118 valence electrons. The standard InChI is InChI=1S/C13H18Br2N2O3S/c14-9-7-11(15)13(12(16)8-9)21(19,20)17(5-2-6-18)10-3-1-4-10/h7-8,10,18H,1-6,16H2. The SMILES string of the molecule is Nc1cc(Br)cc(Br)c1S(=O)(=O)N(CCCO)C1CCC1. The Bertz CT molecular complexity index is 595. The molecule has 0 spiro atoms. The van der Waals surface area contributed by atoms with Gasteiger partial charge in [0.25, 0.3) is 0 Å². The first-order valence-electron chi connectivity index (χ1n) is 6.75. The van der Waals surface area contributed by atoms with E-state index in [0.717, 1.165) is 23.7 Å². The number of anilines is 1. The van der Waals surface area contributed by atoms with Gasteiger partial charge in [0.15, 0.2) is 0 Å². The molecule has 0 atom stereocenters. The summed E-state index contributed by atoms with van der Waals surface area (Å²) in [6, 6.07) is 3.27. The lowest BCUT2D eigenvalue weighted by Gasteiger charge is -2.36. The van der Waals surface area contributed by atoms with Gasteiger partial charge in [-0.05, 0) is 47.3 Å². The van der Waals surface area contributed by atoms with Gasteiger partial charge in [-0.2, -0.15) is 4.31 Å². The molecule has 21 heavy (non-hydrogen) atoms. The summed E-state index contributed by atoms with van der Waals surface area (Å²) < 4.78 is 28.5. The highest BCUT2D eigenvalue weighted by Gasteiger charge is 2.36. The van der Waals surface area contributed by atoms with Crippen LogP contribution in [0.4, 0.5) is 5.69 Å². The molecule has 2 rings (SSSR count). The molecular weight excluding hydrogens is 424 g/mol. The lowest BCUT2D eigenvalue weighted by Crippen LogP contribution is -2.45. The van der Waals surface area contributed by atoms with Crippen molar-refractivity contribution in [3.8, 4) is 0 Å². The molecule has 0 unspecified atom stereocenters. The largest absolute Gasteiger partial charge is 0.398 e. The van der Waals surface area contributed by atoms with E-state index in [1.807, 2.05) is 0 Å². The van der Waals surface area contributed by atoms with Crippen LogP contribution in [0.1, 0.15) is 25.7 Å². The minimum Gasteiger partial charge on any atom is -0.398 e. The lowest BCUT2D eigenvalue weighted by atomic mass is 9.93. The van der Waals surface area contributed by atoms with Gasteiger partial charge in [-0.25, -0.2) is 8.42 Å². The molecule has 3 N–H and O–H groups in total. The van der Waals surface area contributed by atoms with E-state index >= 15 is 0 Å². The number of rotatable bonds is 6. The highest BCUT2D eigenvalue weighted by atomic mass is 79.9. The second-order valence-corrected chi connectivity index (χ2v) is 8.68. The zero-order valence-electron chi connectivity index (χ0n) is 11.4. The van der Waals surface area contributed by atoms with Crippen molar-refractivity contribution in [3.63, 3.8) is 0 Å². The molecule has 0 aliphatic heterocycles. The van der Waals surface area contributed by atoms with Crippen molar-refractivity contribution in [1.82, 2.24) is 4.31 Å². The summed E-state index contributed by atoms with van der Waals surface area (Å²) >= 11 is 6.59. The molecule has 1 aliphatic carbocycles. The van der Waals surface area contributed by atoms with Crippen LogP contribution in [0.25, 0.3) is 0 Å². The Kier molecular flexibility index (Phi) is 5.70. The number of aliphatic hydroxyl groups is 1. The number of benzene rings is 1. The highest BCUT2D eigenvalue weighted by molar-refractivity contribution is 9.11. The summed E-state index contributed by atoms with van der Waals surface area (Å²) in [5.41, 5.74) is 6.13. The predicted octanol–water partition coefficient (Wildman–Crippen LogP) is 2.72. The Hall–Kier alpha value is -0.150. The Labute approximate surface area is 141 Å². The number of nitrogen functional groups attached to an aromatic ring is 1. The maximum absolute atomic E-state index is 12.9. The minimum atomic E-state index is -3.68. The van der Waals surface area contributed by atoms with Gasteiger partial charge in [-0.15, -0.1) is 0 Å². The van der Waals surface area contributed by atoms with E-state index in [0.29, 0.717) is 17.4 Å². The molecule has 0 bridgehead atoms. The van der Waals surface area contributed by atoms with Gasteiger partial charge in [-0.1, -0.05) is 22.4 Å². The van der Waals surface area contributed by atoms with Gasteiger partial charge in [0.1, 0.15) is 4.90 Å². The van der Waals surface area contributed by atoms with Crippen LogP contribution in [0.2, 0.25) is 0 Å². The summed E-state index contributed by atoms with van der Waals surface area (Å²) in [7, 11) is -3.68. The van der Waals surface area contributed by atoms with Crippen LogP contribution in [0.15, 0.2) is 26.0 Å². The van der Waals surface area contributed by atoms with Crippen molar-refractivity contribution in [3.05, 3.63) is 21.1 Å². The molecule has 1 fully saturated rings. The topological polar surface area (TPSA) is 83.6 Å². The quantitative estimate of drug-likeness (QED) is 0.664. The van der Waals surface area contributed by atoms with E-state index in [2.05, 4.69) is 31.9 Å². The Balaban J connectivity index is 2.42. The predicted molar refractivity (Wildman–Crippen MR) is 89.5 cm³/mol. The fraction of sp³-hybridized carbons (Fsp3) is 0.538. The maximum atomic E-state index is 12.9. The minimum absolute atomic E-state index is 0.0106. The van der Waals surface area contributed by atoms with Crippen LogP contribution in [0.3, 0.4) is 0 Å². The first-order valence-corrected chi connectivity index (χ1v) is 9.77. The Morgan fingerprint density at radius 3 is 2.48 bits per heavy atom. The molecule has 0 amide bonds. The van der Waals surface area contributed by atoms with E-state index < -0.39 is 10.0 Å². The van der Waals surface area contributed by atoms with Gasteiger partial charge in [0.2, 0.25) is 10.0 Å². The van der Waals surface area contributed by atoms with Crippen LogP contribution in [-0.4, -0.2) is 37.0 Å². The Morgan fingerprint density at radius 2 is 2.00 bits per heavy atom. The molecule has 0 radical (unpaired) electrons. The smallest absolute Gasteiger partial charge is 0.246 e. The zero-order valence-corrected chi connectivity index (χ0v) is 15.4. The van der Waals surface area contributed by atoms with Gasteiger partial charge in [0.05, 0.1) is 5.69 Å². The lowest BCUT2D eigenvalue weighted by molar-refractivity contribution is 0.198. The number of halogens is 2. The first-order chi connectivity index (χ1) is 9.87. The maximum Gasteiger partial charge on any atom is 0.246 e. The van der Waals surface area contributed by atoms with E-state index in [-0.39, 0.29) is 23.2 Å². The number of nitrogens with two attached hydrogens (primary N) is 1. The highest BCUT2D eigenvalue weighted by Crippen LogP contribution is 2.37. The molecule has 0 aromatic heterocycles. The molecule has 0 heterocycles. The second kappa shape index (κ2) is 6.95. The van der Waals surface area contributed by atoms with Crippen LogP contribution < -0.4 is 5.73 Å². The van der Waals surface area contributed by atoms with Crippen molar-refractivity contribution in [2.75, 3.05) is 18.9 Å². The molecule has 0 saturated heterocycles. The second-order valence-electron chi connectivity index (χ2n) is 5.08. The Morgan fingerprint density at radius 1 is 1.33 bits per heavy atom. The zero-order chi connectivity index (χ0) is 15.6. The van der Waals surface area contributed by atoms with Gasteiger partial charge in [0, 0.05) is 28.1 Å². The van der Waals surface area contributed by atoms with E-state index in [9.17, 15) is 8.42 Å². The number of hydrogen-bond donors (Lipinski definition) is 2. The molecule has 1 saturated carbocycles. The average molecular weight is 442 g/mol. The van der Waals surface area contributed by atoms with Crippen LogP contribution in [0, 0.1) is 0 Å². The van der Waals surface area contributed by atoms with Crippen LogP contribution in [-0.2, 0) is 10.0 Å². The first kappa shape index (κ1) is 17.2. The van der Waals surface area contributed by atoms with Gasteiger partial charge >= 0.3 is 0 Å². The van der Waals surface area contributed by atoms with E-state index in [4.69, 9.17) is 10.8 Å². The number of sulfonamides is 1. The normalized spacial score (nSPS) is 16.2. The monoisotopic (exact) mass is 440 g/mol. The summed E-state index contributed by atoms with van der Waals surface area (Å²) in [5.74, 6) is 0. The molecule has 1 aromatic rings. The van der Waals surface area contributed by atoms with Crippen molar-refractivity contribution < 1.29 is 13.5 Å². The summed E-state index contributed by atoms with van der Waals surface area (Å²) in [5, 5.41) is 9.01.